The van der Waals surface area contributed by atoms with Crippen LogP contribution in [0.25, 0.3) is 0 Å². The molecule has 1 atom stereocenters. The van der Waals surface area contributed by atoms with E-state index < -0.39 is 12.7 Å². The highest BCUT2D eigenvalue weighted by Gasteiger charge is 2.37. The van der Waals surface area contributed by atoms with Crippen LogP contribution in [-0.2, 0) is 0 Å². The Morgan fingerprint density at radius 2 is 1.95 bits per heavy atom. The third-order valence-electron chi connectivity index (χ3n) is 3.84. The maximum atomic E-state index is 12.6. The third kappa shape index (κ3) is 6.13. The van der Waals surface area contributed by atoms with Gasteiger partial charge >= 0.3 is 6.18 Å². The predicted octanol–water partition coefficient (Wildman–Crippen LogP) is 3.43. The van der Waals surface area contributed by atoms with E-state index in [-0.39, 0.29) is 5.41 Å². The number of halogens is 3. The standard InChI is InChI=1S/C14H27F3N2/c1-3-6-13(7-5-8-18-10-13)11-19(9-4-2)12-14(15,16)17/h18H,3-12H2,1-2H3. The van der Waals surface area contributed by atoms with E-state index in [4.69, 9.17) is 0 Å². The quantitative estimate of drug-likeness (QED) is 0.768. The van der Waals surface area contributed by atoms with Crippen molar-refractivity contribution in [3.05, 3.63) is 0 Å². The Morgan fingerprint density at radius 3 is 2.42 bits per heavy atom. The van der Waals surface area contributed by atoms with Gasteiger partial charge in [0.25, 0.3) is 0 Å². The Balaban J connectivity index is 2.66. The lowest BCUT2D eigenvalue weighted by Crippen LogP contribution is -2.49. The molecule has 0 radical (unpaired) electrons. The molecule has 5 heteroatoms. The van der Waals surface area contributed by atoms with Crippen LogP contribution in [0.1, 0.15) is 46.0 Å². The summed E-state index contributed by atoms with van der Waals surface area (Å²) in [5.41, 5.74) is 0.0351. The molecule has 0 aromatic carbocycles. The summed E-state index contributed by atoms with van der Waals surface area (Å²) in [6.07, 6.45) is 0.847. The van der Waals surface area contributed by atoms with Crippen molar-refractivity contribution in [3.63, 3.8) is 0 Å². The molecule has 1 rings (SSSR count). The van der Waals surface area contributed by atoms with Gasteiger partial charge in [-0.25, -0.2) is 0 Å². The summed E-state index contributed by atoms with van der Waals surface area (Å²) in [4.78, 5) is 1.60. The Kier molecular flexibility index (Phi) is 6.60. The number of nitrogens with one attached hydrogen (secondary N) is 1. The zero-order valence-electron chi connectivity index (χ0n) is 12.2. The molecule has 19 heavy (non-hydrogen) atoms. The SMILES string of the molecule is CCCN(CC(F)(F)F)CC1(CCC)CCCNC1. The molecule has 1 unspecified atom stereocenters. The predicted molar refractivity (Wildman–Crippen MR) is 72.2 cm³/mol. The van der Waals surface area contributed by atoms with Gasteiger partial charge in [0, 0.05) is 13.1 Å². The van der Waals surface area contributed by atoms with Crippen molar-refractivity contribution in [2.45, 2.75) is 52.1 Å². The first-order valence-electron chi connectivity index (χ1n) is 7.40. The van der Waals surface area contributed by atoms with E-state index >= 15 is 0 Å². The molecule has 1 fully saturated rings. The number of hydrogen-bond acceptors (Lipinski definition) is 2. The molecule has 1 aliphatic heterocycles. The molecule has 2 nitrogen and oxygen atoms in total. The number of hydrogen-bond donors (Lipinski definition) is 1. The highest BCUT2D eigenvalue weighted by atomic mass is 19.4. The van der Waals surface area contributed by atoms with Crippen LogP contribution in [0.15, 0.2) is 0 Å². The average Bonchev–Trinajstić information content (AvgIpc) is 2.28. The van der Waals surface area contributed by atoms with Crippen molar-refractivity contribution in [1.82, 2.24) is 10.2 Å². The van der Waals surface area contributed by atoms with E-state index in [1.165, 1.54) is 0 Å². The van der Waals surface area contributed by atoms with Gasteiger partial charge in [-0.15, -0.1) is 0 Å². The van der Waals surface area contributed by atoms with Crippen molar-refractivity contribution in [2.24, 2.45) is 5.41 Å². The van der Waals surface area contributed by atoms with Crippen LogP contribution in [-0.4, -0.2) is 43.8 Å². The van der Waals surface area contributed by atoms with E-state index in [0.717, 1.165) is 45.2 Å². The van der Waals surface area contributed by atoms with E-state index in [9.17, 15) is 13.2 Å². The summed E-state index contributed by atoms with van der Waals surface area (Å²) in [5, 5.41) is 3.36. The van der Waals surface area contributed by atoms with Crippen LogP contribution in [0, 0.1) is 5.41 Å². The summed E-state index contributed by atoms with van der Waals surface area (Å²) >= 11 is 0. The highest BCUT2D eigenvalue weighted by Crippen LogP contribution is 2.33. The van der Waals surface area contributed by atoms with E-state index in [1.54, 1.807) is 4.90 Å². The lowest BCUT2D eigenvalue weighted by atomic mass is 9.76. The van der Waals surface area contributed by atoms with E-state index in [0.29, 0.717) is 13.1 Å². The molecular formula is C14H27F3N2. The van der Waals surface area contributed by atoms with Gasteiger partial charge in [-0.05, 0) is 44.2 Å². The molecule has 0 aliphatic carbocycles. The molecular weight excluding hydrogens is 253 g/mol. The van der Waals surface area contributed by atoms with Gasteiger partial charge in [0.15, 0.2) is 0 Å². The Labute approximate surface area is 114 Å². The minimum absolute atomic E-state index is 0.0351. The summed E-state index contributed by atoms with van der Waals surface area (Å²) in [7, 11) is 0. The van der Waals surface area contributed by atoms with Gasteiger partial charge in [0.05, 0.1) is 6.54 Å². The molecule has 114 valence electrons. The monoisotopic (exact) mass is 280 g/mol. The van der Waals surface area contributed by atoms with Crippen molar-refractivity contribution >= 4 is 0 Å². The van der Waals surface area contributed by atoms with Crippen molar-refractivity contribution in [3.8, 4) is 0 Å². The molecule has 1 aliphatic rings. The minimum Gasteiger partial charge on any atom is -0.316 e. The molecule has 0 aromatic heterocycles. The van der Waals surface area contributed by atoms with E-state index in [1.807, 2.05) is 6.92 Å². The summed E-state index contributed by atoms with van der Waals surface area (Å²) in [6.45, 7) is 6.25. The van der Waals surface area contributed by atoms with Crippen LogP contribution in [0.4, 0.5) is 13.2 Å². The van der Waals surface area contributed by atoms with Gasteiger partial charge < -0.3 is 5.32 Å². The van der Waals surface area contributed by atoms with Crippen molar-refractivity contribution in [2.75, 3.05) is 32.7 Å². The highest BCUT2D eigenvalue weighted by molar-refractivity contribution is 4.88. The van der Waals surface area contributed by atoms with Crippen molar-refractivity contribution in [1.29, 1.82) is 0 Å². The Hall–Kier alpha value is -0.290. The van der Waals surface area contributed by atoms with Crippen molar-refractivity contribution < 1.29 is 13.2 Å². The van der Waals surface area contributed by atoms with Gasteiger partial charge in [-0.3, -0.25) is 4.90 Å². The molecule has 0 spiro atoms. The molecule has 0 amide bonds. The molecule has 0 bridgehead atoms. The third-order valence-corrected chi connectivity index (χ3v) is 3.84. The summed E-state index contributed by atoms with van der Waals surface area (Å²) in [6, 6.07) is 0. The lowest BCUT2D eigenvalue weighted by molar-refractivity contribution is -0.149. The largest absolute Gasteiger partial charge is 0.401 e. The fourth-order valence-electron chi connectivity index (χ4n) is 3.25. The van der Waals surface area contributed by atoms with Gasteiger partial charge in [-0.2, -0.15) is 13.2 Å². The second-order valence-electron chi connectivity index (χ2n) is 5.86. The first-order valence-corrected chi connectivity index (χ1v) is 7.40. The van der Waals surface area contributed by atoms with Crippen LogP contribution in [0.3, 0.4) is 0 Å². The first kappa shape index (κ1) is 16.8. The van der Waals surface area contributed by atoms with Gasteiger partial charge in [0.1, 0.15) is 0 Å². The van der Waals surface area contributed by atoms with Gasteiger partial charge in [0.2, 0.25) is 0 Å². The molecule has 0 saturated carbocycles. The smallest absolute Gasteiger partial charge is 0.316 e. The lowest BCUT2D eigenvalue weighted by Gasteiger charge is -2.41. The zero-order chi connectivity index (χ0) is 14.4. The molecule has 0 aromatic rings. The second-order valence-corrected chi connectivity index (χ2v) is 5.86. The average molecular weight is 280 g/mol. The topological polar surface area (TPSA) is 15.3 Å². The zero-order valence-corrected chi connectivity index (χ0v) is 12.2. The summed E-state index contributed by atoms with van der Waals surface area (Å²) in [5.74, 6) is 0. The molecule has 1 heterocycles. The maximum Gasteiger partial charge on any atom is 0.401 e. The maximum absolute atomic E-state index is 12.6. The molecule has 1 saturated heterocycles. The van der Waals surface area contributed by atoms with Crippen LogP contribution in [0.2, 0.25) is 0 Å². The van der Waals surface area contributed by atoms with Gasteiger partial charge in [-0.1, -0.05) is 20.3 Å². The fourth-order valence-corrected chi connectivity index (χ4v) is 3.25. The Morgan fingerprint density at radius 1 is 1.21 bits per heavy atom. The van der Waals surface area contributed by atoms with Crippen LogP contribution >= 0.6 is 0 Å². The van der Waals surface area contributed by atoms with Crippen LogP contribution in [0.5, 0.6) is 0 Å². The number of alkyl halides is 3. The summed E-state index contributed by atoms with van der Waals surface area (Å²) < 4.78 is 37.9. The Bertz CT molecular complexity index is 242. The number of nitrogens with zero attached hydrogens (tertiary/aromatic N) is 1. The number of piperidine rings is 1. The second kappa shape index (κ2) is 7.48. The first-order chi connectivity index (χ1) is 8.91. The normalized spacial score (nSPS) is 24.9. The number of rotatable bonds is 7. The fraction of sp³-hybridized carbons (Fsp3) is 1.00. The minimum atomic E-state index is -4.09. The van der Waals surface area contributed by atoms with E-state index in [2.05, 4.69) is 12.2 Å². The molecule has 1 N–H and O–H groups in total. The van der Waals surface area contributed by atoms with Crippen LogP contribution < -0.4 is 5.32 Å².